The fourth-order valence-electron chi connectivity index (χ4n) is 13.8. The van der Waals surface area contributed by atoms with Gasteiger partial charge in [-0.15, -0.1) is 0 Å². The van der Waals surface area contributed by atoms with Gasteiger partial charge in [0.25, 0.3) is 0 Å². The Balaban J connectivity index is 0.000000191. The fourth-order valence-corrected chi connectivity index (χ4v) is 14.5. The van der Waals surface area contributed by atoms with Crippen LogP contribution in [0.15, 0.2) is 186 Å². The topological polar surface area (TPSA) is 279 Å². The third-order valence-corrected chi connectivity index (χ3v) is 22.4. The zero-order valence-corrected chi connectivity index (χ0v) is 76.2. The number of halogens is 8. The van der Waals surface area contributed by atoms with Crippen LogP contribution in [-0.4, -0.2) is 66.5 Å². The Morgan fingerprint density at radius 2 is 0.527 bits per heavy atom. The van der Waals surface area contributed by atoms with Gasteiger partial charge in [-0.3, -0.25) is 0 Å². The van der Waals surface area contributed by atoms with Gasteiger partial charge in [0, 0.05) is 79.3 Å². The van der Waals surface area contributed by atoms with Gasteiger partial charge in [-0.25, -0.2) is 55.1 Å². The van der Waals surface area contributed by atoms with E-state index >= 15 is 0 Å². The minimum Gasteiger partial charge on any atom is -0.488 e. The summed E-state index contributed by atoms with van der Waals surface area (Å²) in [5.41, 5.74) is 16.4. The van der Waals surface area contributed by atoms with Gasteiger partial charge in [0.2, 0.25) is 0 Å². The molecule has 0 saturated heterocycles. The highest BCUT2D eigenvalue weighted by Gasteiger charge is 2.29. The van der Waals surface area contributed by atoms with Crippen LogP contribution in [0.1, 0.15) is 210 Å². The molecule has 1 saturated carbocycles. The van der Waals surface area contributed by atoms with E-state index in [1.54, 1.807) is 146 Å². The van der Waals surface area contributed by atoms with E-state index in [9.17, 15) is 80.6 Å². The van der Waals surface area contributed by atoms with Crippen LogP contribution in [0.4, 0.5) is 26.3 Å². The smallest absolute Gasteiger partial charge is 0.336 e. The third-order valence-electron chi connectivity index (χ3n) is 21.3. The summed E-state index contributed by atoms with van der Waals surface area (Å²) in [7, 11) is 0. The quantitative estimate of drug-likeness (QED) is 0.0275. The van der Waals surface area contributed by atoms with Gasteiger partial charge in [0.15, 0.2) is 0 Å². The Labute approximate surface area is 758 Å². The largest absolute Gasteiger partial charge is 0.488 e. The van der Waals surface area contributed by atoms with Crippen molar-refractivity contribution < 1.29 is 114 Å². The number of hydrogen-bond donors (Lipinski definition) is 6. The second-order valence-corrected chi connectivity index (χ2v) is 32.2. The summed E-state index contributed by atoms with van der Waals surface area (Å²) in [6.07, 6.45) is 2.86. The van der Waals surface area contributed by atoms with Gasteiger partial charge in [-0.1, -0.05) is 95.1 Å². The molecular weight excluding hydrogens is 1750 g/mol. The number of benzene rings is 12. The van der Waals surface area contributed by atoms with E-state index in [0.717, 1.165) is 68.5 Å². The molecule has 18 nitrogen and oxygen atoms in total. The molecular formula is C103H100BrClF6O18. The maximum absolute atomic E-state index is 13.7. The lowest BCUT2D eigenvalue weighted by atomic mass is 9.98. The molecule has 26 heteroatoms. The Morgan fingerprint density at radius 1 is 0.295 bits per heavy atom. The standard InChI is InChI=1S/C19H19FO3.C18H19FO3.2C17H17FO3.C16H14BrFO3.C16H14ClFO3/c1-11-8-12(2)18(9-17(11)20)23-10-16-14(13-6-7-13)4-3-5-15(16)19(21)22;1-4-13-6-5-7-14(18(20)21)15(13)10-22-17-9-16(19)11(2)8-12(17)3;2*1-10-5-4-6-13(17(19)20)14(10)9-21-16-8-15(18)11(2)7-12(16)3;2*1-9-6-10(2)15(7-14(9)18)21-8-12-11(16(19)20)4-3-5-13(12)17/h3-5,8-9,13H,6-7,10H2,1-2H3,(H,21,22);5-9H,4,10H2,1-3H3,(H,20,21);2*4-8H,9H2,1-3H3,(H,19,20);2*3-7H,8H2,1-2H3,(H,19,20). The minimum atomic E-state index is -1.08. The Hall–Kier alpha value is -13.4. The van der Waals surface area contributed by atoms with Crippen LogP contribution in [0.5, 0.6) is 34.5 Å². The van der Waals surface area contributed by atoms with Crippen molar-refractivity contribution in [2.75, 3.05) is 0 Å². The van der Waals surface area contributed by atoms with Gasteiger partial charge in [-0.05, 0) is 296 Å². The zero-order chi connectivity index (χ0) is 95.1. The van der Waals surface area contributed by atoms with E-state index in [1.165, 1.54) is 60.7 Å². The van der Waals surface area contributed by atoms with Crippen molar-refractivity contribution in [3.05, 3.63) is 382 Å². The van der Waals surface area contributed by atoms with Crippen molar-refractivity contribution in [3.8, 4) is 34.5 Å². The van der Waals surface area contributed by atoms with Gasteiger partial charge in [0.05, 0.1) is 33.4 Å². The number of hydrogen-bond acceptors (Lipinski definition) is 12. The number of rotatable bonds is 26. The van der Waals surface area contributed by atoms with Crippen LogP contribution >= 0.6 is 27.5 Å². The minimum absolute atomic E-state index is 0.0371. The molecule has 0 unspecified atom stereocenters. The van der Waals surface area contributed by atoms with Crippen LogP contribution in [0.25, 0.3) is 0 Å². The van der Waals surface area contributed by atoms with E-state index < -0.39 is 35.8 Å². The number of carbonyl (C=O) groups is 6. The molecule has 0 bridgehead atoms. The van der Waals surface area contributed by atoms with E-state index in [-0.39, 0.29) is 108 Å². The number of aryl methyl sites for hydroxylation is 15. The van der Waals surface area contributed by atoms with E-state index in [4.69, 9.17) is 45.1 Å². The van der Waals surface area contributed by atoms with Crippen molar-refractivity contribution in [1.29, 1.82) is 0 Å². The molecule has 0 aromatic heterocycles. The van der Waals surface area contributed by atoms with Crippen LogP contribution < -0.4 is 28.4 Å². The molecule has 0 spiro atoms. The van der Waals surface area contributed by atoms with Gasteiger partial charge >= 0.3 is 35.8 Å². The number of ether oxygens (including phenoxy) is 6. The number of carboxylic acid groups (broad SMARTS) is 6. The molecule has 1 aliphatic rings. The van der Waals surface area contributed by atoms with Gasteiger partial charge in [-0.2, -0.15) is 0 Å². The SMILES string of the molecule is CCc1cccc(C(=O)O)c1COc1cc(F)c(C)cc1C.Cc1cc(C)c(OCc2c(Br)cccc2C(=O)O)cc1F.Cc1cc(C)c(OCc2c(C(=O)O)cccc2C2CC2)cc1F.Cc1cc(C)c(OCc2c(C)cccc2C(=O)O)cc1F.Cc1cc(C)c(OCc2c(C)cccc2C(=O)O)cc1F.Cc1cc(C)c(OCc2c(Cl)cccc2C(=O)O)cc1F. The molecule has 0 atom stereocenters. The van der Waals surface area contributed by atoms with Crippen molar-refractivity contribution in [2.45, 2.75) is 169 Å². The molecule has 12 aromatic carbocycles. The Morgan fingerprint density at radius 3 is 0.829 bits per heavy atom. The first-order valence-electron chi connectivity index (χ1n) is 40.7. The fraction of sp³-hybridized carbons (Fsp3) is 0.243. The van der Waals surface area contributed by atoms with Gasteiger partial charge in [0.1, 0.15) is 109 Å². The number of carboxylic acids is 6. The summed E-state index contributed by atoms with van der Waals surface area (Å²) in [6.45, 7) is 27.2. The average molecular weight is 1860 g/mol. The summed E-state index contributed by atoms with van der Waals surface area (Å²) < 4.78 is 116. The summed E-state index contributed by atoms with van der Waals surface area (Å²) in [6, 6.07) is 48.4. The average Bonchev–Trinajstić information content (AvgIpc) is 1.67. The molecule has 6 N–H and O–H groups in total. The molecule has 12 aromatic rings. The molecule has 0 aliphatic heterocycles. The van der Waals surface area contributed by atoms with Crippen molar-refractivity contribution in [2.24, 2.45) is 0 Å². The van der Waals surface area contributed by atoms with Crippen LogP contribution in [-0.2, 0) is 46.1 Å². The molecule has 129 heavy (non-hydrogen) atoms. The first-order valence-corrected chi connectivity index (χ1v) is 41.9. The second-order valence-electron chi connectivity index (χ2n) is 30.9. The molecule has 1 fully saturated rings. The monoisotopic (exact) mass is 1850 g/mol. The predicted molar refractivity (Wildman–Crippen MR) is 485 cm³/mol. The maximum Gasteiger partial charge on any atom is 0.336 e. The highest BCUT2D eigenvalue weighted by atomic mass is 79.9. The van der Waals surface area contributed by atoms with Crippen molar-refractivity contribution in [1.82, 2.24) is 0 Å². The van der Waals surface area contributed by atoms with Crippen LogP contribution in [0, 0.1) is 132 Å². The van der Waals surface area contributed by atoms with Crippen LogP contribution in [0.2, 0.25) is 5.02 Å². The highest BCUT2D eigenvalue weighted by molar-refractivity contribution is 9.10. The molecule has 1 aliphatic carbocycles. The lowest BCUT2D eigenvalue weighted by molar-refractivity contribution is 0.0683. The molecule has 13 rings (SSSR count). The Kier molecular flexibility index (Phi) is 36.3. The summed E-state index contributed by atoms with van der Waals surface area (Å²) in [5, 5.41) is 55.8. The Bertz CT molecular complexity index is 5680. The normalized spacial score (nSPS) is 11.1. The van der Waals surface area contributed by atoms with E-state index in [2.05, 4.69) is 15.9 Å². The maximum atomic E-state index is 13.7. The summed E-state index contributed by atoms with van der Waals surface area (Å²) in [4.78, 5) is 67.7. The first kappa shape index (κ1) is 101. The van der Waals surface area contributed by atoms with E-state index in [1.807, 2.05) is 79.7 Å². The highest BCUT2D eigenvalue weighted by Crippen LogP contribution is 2.43. The first-order chi connectivity index (χ1) is 61.0. The lowest BCUT2D eigenvalue weighted by Gasteiger charge is -2.15. The van der Waals surface area contributed by atoms with Crippen molar-refractivity contribution in [3.63, 3.8) is 0 Å². The molecule has 0 radical (unpaired) electrons. The van der Waals surface area contributed by atoms with Gasteiger partial charge < -0.3 is 59.1 Å². The van der Waals surface area contributed by atoms with Crippen molar-refractivity contribution >= 4 is 63.3 Å². The predicted octanol–water partition coefficient (Wildman–Crippen LogP) is 25.8. The molecule has 676 valence electrons. The zero-order valence-electron chi connectivity index (χ0n) is 73.9. The third kappa shape index (κ3) is 27.6. The van der Waals surface area contributed by atoms with Crippen LogP contribution in [0.3, 0.4) is 0 Å². The molecule has 0 amide bonds. The number of aromatic carboxylic acids is 6. The molecule has 0 heterocycles. The summed E-state index contributed by atoms with van der Waals surface area (Å²) in [5.74, 6) is -5.13. The summed E-state index contributed by atoms with van der Waals surface area (Å²) >= 11 is 9.33. The second kappa shape index (κ2) is 46.4. The lowest BCUT2D eigenvalue weighted by Crippen LogP contribution is -2.09. The van der Waals surface area contributed by atoms with E-state index in [0.29, 0.717) is 123 Å².